The molecular formula is C14H19NO4. The Labute approximate surface area is 112 Å². The smallest absolute Gasteiger partial charge is 0.344 e. The maximum Gasteiger partial charge on any atom is 0.344 e. The van der Waals surface area contributed by atoms with Crippen molar-refractivity contribution in [3.63, 3.8) is 0 Å². The average Bonchev–Trinajstić information content (AvgIpc) is 2.80. The first kappa shape index (κ1) is 13.7. The van der Waals surface area contributed by atoms with Gasteiger partial charge in [-0.2, -0.15) is 0 Å². The summed E-state index contributed by atoms with van der Waals surface area (Å²) in [5, 5.41) is 12.2. The summed E-state index contributed by atoms with van der Waals surface area (Å²) in [6, 6.07) is 5.67. The number of carboxylic acid groups (broad SMARTS) is 1. The summed E-state index contributed by atoms with van der Waals surface area (Å²) in [6.45, 7) is 2.52. The molecule has 0 fully saturated rings. The molecule has 0 amide bonds. The van der Waals surface area contributed by atoms with Crippen molar-refractivity contribution >= 4 is 5.97 Å². The first-order valence-corrected chi connectivity index (χ1v) is 6.49. The van der Waals surface area contributed by atoms with Crippen molar-refractivity contribution in [2.24, 2.45) is 0 Å². The SMILES string of the molecule is CCCC(Oc1ccc2c(c1)OCC2NC)C(=O)O. The van der Waals surface area contributed by atoms with E-state index in [1.54, 1.807) is 12.1 Å². The highest BCUT2D eigenvalue weighted by Gasteiger charge is 2.24. The lowest BCUT2D eigenvalue weighted by molar-refractivity contribution is -0.145. The summed E-state index contributed by atoms with van der Waals surface area (Å²) in [4.78, 5) is 11.1. The van der Waals surface area contributed by atoms with Gasteiger partial charge < -0.3 is 19.9 Å². The Morgan fingerprint density at radius 3 is 3.05 bits per heavy atom. The van der Waals surface area contributed by atoms with Crippen molar-refractivity contribution < 1.29 is 19.4 Å². The van der Waals surface area contributed by atoms with Gasteiger partial charge in [0, 0.05) is 11.6 Å². The molecule has 2 atom stereocenters. The van der Waals surface area contributed by atoms with Crippen molar-refractivity contribution in [1.82, 2.24) is 5.32 Å². The number of fused-ring (bicyclic) bond motifs is 1. The molecular weight excluding hydrogens is 246 g/mol. The number of benzene rings is 1. The average molecular weight is 265 g/mol. The lowest BCUT2D eigenvalue weighted by Gasteiger charge is -2.15. The van der Waals surface area contributed by atoms with Gasteiger partial charge >= 0.3 is 5.97 Å². The van der Waals surface area contributed by atoms with Crippen LogP contribution in [0.1, 0.15) is 31.4 Å². The minimum atomic E-state index is -0.934. The van der Waals surface area contributed by atoms with Gasteiger partial charge in [0.15, 0.2) is 6.10 Å². The Kier molecular flexibility index (Phi) is 4.27. The van der Waals surface area contributed by atoms with Crippen molar-refractivity contribution in [1.29, 1.82) is 0 Å². The molecule has 5 nitrogen and oxygen atoms in total. The molecule has 0 saturated carbocycles. The minimum absolute atomic E-state index is 0.190. The number of aliphatic carboxylic acids is 1. The first-order valence-electron chi connectivity index (χ1n) is 6.49. The van der Waals surface area contributed by atoms with E-state index < -0.39 is 12.1 Å². The molecule has 1 heterocycles. The molecule has 2 unspecified atom stereocenters. The van der Waals surface area contributed by atoms with Crippen LogP contribution in [0, 0.1) is 0 Å². The summed E-state index contributed by atoms with van der Waals surface area (Å²) in [7, 11) is 1.88. The van der Waals surface area contributed by atoms with Crippen LogP contribution in [0.4, 0.5) is 0 Å². The predicted octanol–water partition coefficient (Wildman–Crippen LogP) is 1.97. The van der Waals surface area contributed by atoms with Crippen molar-refractivity contribution in [2.45, 2.75) is 31.9 Å². The number of nitrogens with one attached hydrogen (secondary N) is 1. The molecule has 19 heavy (non-hydrogen) atoms. The van der Waals surface area contributed by atoms with Crippen molar-refractivity contribution in [3.8, 4) is 11.5 Å². The van der Waals surface area contributed by atoms with E-state index in [1.807, 2.05) is 20.0 Å². The quantitative estimate of drug-likeness (QED) is 0.823. The second kappa shape index (κ2) is 5.93. The van der Waals surface area contributed by atoms with E-state index in [0.29, 0.717) is 18.8 Å². The van der Waals surface area contributed by atoms with E-state index in [9.17, 15) is 4.79 Å². The normalized spacial score (nSPS) is 18.5. The summed E-state index contributed by atoms with van der Waals surface area (Å²) < 4.78 is 11.1. The van der Waals surface area contributed by atoms with E-state index in [1.165, 1.54) is 0 Å². The van der Waals surface area contributed by atoms with E-state index in [2.05, 4.69) is 5.32 Å². The van der Waals surface area contributed by atoms with Crippen molar-refractivity contribution in [3.05, 3.63) is 23.8 Å². The topological polar surface area (TPSA) is 67.8 Å². The molecule has 2 rings (SSSR count). The van der Waals surface area contributed by atoms with Crippen molar-refractivity contribution in [2.75, 3.05) is 13.7 Å². The molecule has 0 saturated heterocycles. The number of likely N-dealkylation sites (N-methyl/N-ethyl adjacent to an activating group) is 1. The first-order chi connectivity index (χ1) is 9.15. The van der Waals surface area contributed by atoms with Crippen LogP contribution in [-0.4, -0.2) is 30.8 Å². The second-order valence-electron chi connectivity index (χ2n) is 4.59. The van der Waals surface area contributed by atoms with Crippen LogP contribution in [-0.2, 0) is 4.79 Å². The zero-order valence-electron chi connectivity index (χ0n) is 11.2. The molecule has 0 bridgehead atoms. The highest BCUT2D eigenvalue weighted by Crippen LogP contribution is 2.35. The van der Waals surface area contributed by atoms with Crippen LogP contribution in [0.5, 0.6) is 11.5 Å². The van der Waals surface area contributed by atoms with Gasteiger partial charge in [0.2, 0.25) is 0 Å². The molecule has 0 radical (unpaired) electrons. The highest BCUT2D eigenvalue weighted by molar-refractivity contribution is 5.72. The Bertz CT molecular complexity index is 461. The van der Waals surface area contributed by atoms with Crippen LogP contribution in [0.3, 0.4) is 0 Å². The van der Waals surface area contributed by atoms with Gasteiger partial charge in [-0.1, -0.05) is 13.3 Å². The fourth-order valence-corrected chi connectivity index (χ4v) is 2.16. The molecule has 104 valence electrons. The molecule has 0 aliphatic carbocycles. The molecule has 1 aromatic rings. The molecule has 0 aromatic heterocycles. The van der Waals surface area contributed by atoms with Gasteiger partial charge in [-0.25, -0.2) is 4.79 Å². The van der Waals surface area contributed by atoms with Crippen LogP contribution in [0.25, 0.3) is 0 Å². The Hall–Kier alpha value is -1.75. The van der Waals surface area contributed by atoms with Gasteiger partial charge in [0.25, 0.3) is 0 Å². The Morgan fingerprint density at radius 1 is 1.63 bits per heavy atom. The predicted molar refractivity (Wildman–Crippen MR) is 70.7 cm³/mol. The summed E-state index contributed by atoms with van der Waals surface area (Å²) >= 11 is 0. The van der Waals surface area contributed by atoms with E-state index in [-0.39, 0.29) is 6.04 Å². The van der Waals surface area contributed by atoms with E-state index in [0.717, 1.165) is 17.7 Å². The number of ether oxygens (including phenoxy) is 2. The van der Waals surface area contributed by atoms with Gasteiger partial charge in [-0.3, -0.25) is 0 Å². The molecule has 1 aliphatic rings. The zero-order chi connectivity index (χ0) is 13.8. The maximum atomic E-state index is 11.1. The Balaban J connectivity index is 2.12. The van der Waals surface area contributed by atoms with Crippen LogP contribution >= 0.6 is 0 Å². The van der Waals surface area contributed by atoms with Gasteiger partial charge in [0.05, 0.1) is 6.04 Å². The maximum absolute atomic E-state index is 11.1. The van der Waals surface area contributed by atoms with E-state index >= 15 is 0 Å². The van der Waals surface area contributed by atoms with E-state index in [4.69, 9.17) is 14.6 Å². The third kappa shape index (κ3) is 2.98. The zero-order valence-corrected chi connectivity index (χ0v) is 11.2. The fourth-order valence-electron chi connectivity index (χ4n) is 2.16. The summed E-state index contributed by atoms with van der Waals surface area (Å²) in [6.07, 6.45) is 0.455. The summed E-state index contributed by atoms with van der Waals surface area (Å²) in [5.74, 6) is 0.366. The number of carbonyl (C=O) groups is 1. The molecule has 5 heteroatoms. The largest absolute Gasteiger partial charge is 0.491 e. The third-order valence-electron chi connectivity index (χ3n) is 3.22. The van der Waals surface area contributed by atoms with Gasteiger partial charge in [-0.05, 0) is 25.6 Å². The number of carboxylic acids is 1. The molecule has 1 aliphatic heterocycles. The summed E-state index contributed by atoms with van der Waals surface area (Å²) in [5.41, 5.74) is 1.08. The number of hydrogen-bond acceptors (Lipinski definition) is 4. The van der Waals surface area contributed by atoms with Gasteiger partial charge in [-0.15, -0.1) is 0 Å². The number of rotatable bonds is 6. The standard InChI is InChI=1S/C14H19NO4/c1-3-4-12(14(16)17)19-9-5-6-10-11(15-2)8-18-13(10)7-9/h5-7,11-12,15H,3-4,8H2,1-2H3,(H,16,17). The fraction of sp³-hybridized carbons (Fsp3) is 0.500. The molecule has 2 N–H and O–H groups in total. The van der Waals surface area contributed by atoms with Crippen LogP contribution < -0.4 is 14.8 Å². The van der Waals surface area contributed by atoms with Crippen LogP contribution in [0.2, 0.25) is 0 Å². The third-order valence-corrected chi connectivity index (χ3v) is 3.22. The van der Waals surface area contributed by atoms with Crippen LogP contribution in [0.15, 0.2) is 18.2 Å². The Morgan fingerprint density at radius 2 is 2.42 bits per heavy atom. The highest BCUT2D eigenvalue weighted by atomic mass is 16.5. The lowest BCUT2D eigenvalue weighted by atomic mass is 10.1. The number of hydrogen-bond donors (Lipinski definition) is 2. The molecule has 1 aromatic carbocycles. The monoisotopic (exact) mass is 265 g/mol. The van der Waals surface area contributed by atoms with Gasteiger partial charge in [0.1, 0.15) is 18.1 Å². The minimum Gasteiger partial charge on any atom is -0.491 e. The molecule has 0 spiro atoms. The lowest BCUT2D eigenvalue weighted by Crippen LogP contribution is -2.26. The second-order valence-corrected chi connectivity index (χ2v) is 4.59.